The van der Waals surface area contributed by atoms with Crippen LogP contribution in [0.1, 0.15) is 33.1 Å². The Morgan fingerprint density at radius 3 is 2.65 bits per heavy atom. The molecule has 0 radical (unpaired) electrons. The number of hydrogen-bond acceptors (Lipinski definition) is 3. The second-order valence-corrected chi connectivity index (χ2v) is 4.76. The Balaban J connectivity index is 2.30. The molecule has 0 aromatic rings. The second-order valence-electron chi connectivity index (χ2n) is 4.76. The van der Waals surface area contributed by atoms with Crippen molar-refractivity contribution in [1.82, 2.24) is 10.6 Å². The highest BCUT2D eigenvalue weighted by Gasteiger charge is 2.31. The summed E-state index contributed by atoms with van der Waals surface area (Å²) in [5.41, 5.74) is 0. The SMILES string of the molecule is CCNCC(C)C(=O)N[C@H]1CC[C@@H](C(=O)O)C1. The van der Waals surface area contributed by atoms with Gasteiger partial charge in [0, 0.05) is 18.5 Å². The smallest absolute Gasteiger partial charge is 0.306 e. The van der Waals surface area contributed by atoms with E-state index >= 15 is 0 Å². The summed E-state index contributed by atoms with van der Waals surface area (Å²) in [6.45, 7) is 5.39. The Bertz CT molecular complexity index is 281. The minimum absolute atomic E-state index is 0.0157. The topological polar surface area (TPSA) is 78.4 Å². The summed E-state index contributed by atoms with van der Waals surface area (Å²) in [6.07, 6.45) is 2.01. The highest BCUT2D eigenvalue weighted by Crippen LogP contribution is 2.25. The number of amides is 1. The van der Waals surface area contributed by atoms with Crippen molar-refractivity contribution in [2.24, 2.45) is 11.8 Å². The van der Waals surface area contributed by atoms with Crippen LogP contribution < -0.4 is 10.6 Å². The zero-order valence-electron chi connectivity index (χ0n) is 10.5. The van der Waals surface area contributed by atoms with Crippen molar-refractivity contribution in [3.05, 3.63) is 0 Å². The third kappa shape index (κ3) is 4.34. The highest BCUT2D eigenvalue weighted by molar-refractivity contribution is 5.79. The van der Waals surface area contributed by atoms with Gasteiger partial charge in [0.1, 0.15) is 0 Å². The van der Waals surface area contributed by atoms with Crippen LogP contribution in [0.15, 0.2) is 0 Å². The number of carboxylic acids is 1. The molecule has 0 saturated heterocycles. The molecule has 5 heteroatoms. The average Bonchev–Trinajstić information content (AvgIpc) is 2.74. The number of carbonyl (C=O) groups excluding carboxylic acids is 1. The van der Waals surface area contributed by atoms with Gasteiger partial charge >= 0.3 is 5.97 Å². The maximum Gasteiger partial charge on any atom is 0.306 e. The predicted molar refractivity (Wildman–Crippen MR) is 64.6 cm³/mol. The fourth-order valence-corrected chi connectivity index (χ4v) is 2.13. The van der Waals surface area contributed by atoms with Gasteiger partial charge in [-0.3, -0.25) is 9.59 Å². The number of carbonyl (C=O) groups is 2. The van der Waals surface area contributed by atoms with Crippen LogP contribution >= 0.6 is 0 Å². The molecule has 0 aromatic carbocycles. The first kappa shape index (κ1) is 14.0. The molecule has 0 spiro atoms. The number of hydrogen-bond donors (Lipinski definition) is 3. The molecular formula is C12H22N2O3. The van der Waals surface area contributed by atoms with Crippen molar-refractivity contribution >= 4 is 11.9 Å². The minimum atomic E-state index is -0.748. The molecule has 1 saturated carbocycles. The van der Waals surface area contributed by atoms with Gasteiger partial charge in [-0.15, -0.1) is 0 Å². The summed E-state index contributed by atoms with van der Waals surface area (Å²) in [4.78, 5) is 22.6. The number of nitrogens with one attached hydrogen (secondary N) is 2. The van der Waals surface area contributed by atoms with Crippen molar-refractivity contribution in [2.75, 3.05) is 13.1 Å². The molecule has 17 heavy (non-hydrogen) atoms. The van der Waals surface area contributed by atoms with Crippen LogP contribution in [0, 0.1) is 11.8 Å². The maximum absolute atomic E-state index is 11.8. The molecule has 3 N–H and O–H groups in total. The van der Waals surface area contributed by atoms with E-state index in [1.807, 2.05) is 13.8 Å². The zero-order chi connectivity index (χ0) is 12.8. The lowest BCUT2D eigenvalue weighted by Crippen LogP contribution is -2.40. The fourth-order valence-electron chi connectivity index (χ4n) is 2.13. The Morgan fingerprint density at radius 2 is 2.12 bits per heavy atom. The van der Waals surface area contributed by atoms with Gasteiger partial charge in [0.2, 0.25) is 5.91 Å². The van der Waals surface area contributed by atoms with E-state index in [1.165, 1.54) is 0 Å². The van der Waals surface area contributed by atoms with E-state index in [0.717, 1.165) is 13.0 Å². The first-order chi connectivity index (χ1) is 8.04. The minimum Gasteiger partial charge on any atom is -0.481 e. The van der Waals surface area contributed by atoms with Crippen molar-refractivity contribution in [2.45, 2.75) is 39.2 Å². The van der Waals surface area contributed by atoms with Crippen LogP contribution in [0.3, 0.4) is 0 Å². The lowest BCUT2D eigenvalue weighted by molar-refractivity contribution is -0.141. The largest absolute Gasteiger partial charge is 0.481 e. The lowest BCUT2D eigenvalue weighted by Gasteiger charge is -2.17. The molecule has 3 atom stereocenters. The monoisotopic (exact) mass is 242 g/mol. The van der Waals surface area contributed by atoms with Gasteiger partial charge in [-0.2, -0.15) is 0 Å². The third-order valence-corrected chi connectivity index (χ3v) is 3.28. The maximum atomic E-state index is 11.8. The fraction of sp³-hybridized carbons (Fsp3) is 0.833. The normalized spacial score (nSPS) is 25.5. The van der Waals surface area contributed by atoms with Gasteiger partial charge in [-0.1, -0.05) is 13.8 Å². The van der Waals surface area contributed by atoms with Gasteiger partial charge in [-0.05, 0) is 25.8 Å². The Labute approximate surface area is 102 Å². The molecule has 1 amide bonds. The van der Waals surface area contributed by atoms with Crippen LogP contribution in [0.2, 0.25) is 0 Å². The molecule has 1 aliphatic carbocycles. The van der Waals surface area contributed by atoms with Crippen LogP contribution in [-0.2, 0) is 9.59 Å². The molecule has 0 bridgehead atoms. The highest BCUT2D eigenvalue weighted by atomic mass is 16.4. The van der Waals surface area contributed by atoms with Crippen molar-refractivity contribution < 1.29 is 14.7 Å². The summed E-state index contributed by atoms with van der Waals surface area (Å²) in [7, 11) is 0. The molecule has 0 aliphatic heterocycles. The summed E-state index contributed by atoms with van der Waals surface area (Å²) < 4.78 is 0. The third-order valence-electron chi connectivity index (χ3n) is 3.28. The first-order valence-electron chi connectivity index (χ1n) is 6.28. The van der Waals surface area contributed by atoms with Crippen LogP contribution in [-0.4, -0.2) is 36.1 Å². The number of rotatable bonds is 6. The van der Waals surface area contributed by atoms with Crippen molar-refractivity contribution in [3.8, 4) is 0 Å². The van der Waals surface area contributed by atoms with Gasteiger partial charge in [0.05, 0.1) is 5.92 Å². The predicted octanol–water partition coefficient (Wildman–Crippen LogP) is 0.601. The van der Waals surface area contributed by atoms with Crippen molar-refractivity contribution in [1.29, 1.82) is 0 Å². The van der Waals surface area contributed by atoms with Crippen LogP contribution in [0.5, 0.6) is 0 Å². The zero-order valence-corrected chi connectivity index (χ0v) is 10.5. The summed E-state index contributed by atoms with van der Waals surface area (Å²) in [5, 5.41) is 14.9. The molecule has 1 fully saturated rings. The quantitative estimate of drug-likeness (QED) is 0.637. The van der Waals surface area contributed by atoms with E-state index < -0.39 is 5.97 Å². The molecule has 5 nitrogen and oxygen atoms in total. The molecule has 1 rings (SSSR count). The summed E-state index contributed by atoms with van der Waals surface area (Å²) >= 11 is 0. The van der Waals surface area contributed by atoms with E-state index in [0.29, 0.717) is 19.4 Å². The average molecular weight is 242 g/mol. The molecule has 0 heterocycles. The van der Waals surface area contributed by atoms with Crippen molar-refractivity contribution in [3.63, 3.8) is 0 Å². The molecule has 1 unspecified atom stereocenters. The Kier molecular flexibility index (Phi) is 5.41. The van der Waals surface area contributed by atoms with Crippen LogP contribution in [0.25, 0.3) is 0 Å². The Morgan fingerprint density at radius 1 is 1.41 bits per heavy atom. The summed E-state index contributed by atoms with van der Waals surface area (Å²) in [6, 6.07) is 0.0349. The molecule has 98 valence electrons. The Hall–Kier alpha value is -1.10. The van der Waals surface area contributed by atoms with E-state index in [4.69, 9.17) is 5.11 Å². The van der Waals surface area contributed by atoms with E-state index in [2.05, 4.69) is 10.6 Å². The van der Waals surface area contributed by atoms with Crippen LogP contribution in [0.4, 0.5) is 0 Å². The standard InChI is InChI=1S/C12H22N2O3/c1-3-13-7-8(2)11(15)14-10-5-4-9(6-10)12(16)17/h8-10,13H,3-7H2,1-2H3,(H,14,15)(H,16,17)/t8?,9-,10+/m1/s1. The molecule has 1 aliphatic rings. The lowest BCUT2D eigenvalue weighted by atomic mass is 10.1. The van der Waals surface area contributed by atoms with Gasteiger partial charge < -0.3 is 15.7 Å². The summed E-state index contributed by atoms with van der Waals surface area (Å²) in [5.74, 6) is -1.09. The van der Waals surface area contributed by atoms with Gasteiger partial charge in [0.15, 0.2) is 0 Å². The van der Waals surface area contributed by atoms with E-state index in [-0.39, 0.29) is 23.8 Å². The van der Waals surface area contributed by atoms with E-state index in [9.17, 15) is 9.59 Å². The molecular weight excluding hydrogens is 220 g/mol. The molecule has 0 aromatic heterocycles. The van der Waals surface area contributed by atoms with Gasteiger partial charge in [0.25, 0.3) is 0 Å². The first-order valence-corrected chi connectivity index (χ1v) is 6.28. The number of aliphatic carboxylic acids is 1. The van der Waals surface area contributed by atoms with Gasteiger partial charge in [-0.25, -0.2) is 0 Å². The second kappa shape index (κ2) is 6.59. The van der Waals surface area contributed by atoms with E-state index in [1.54, 1.807) is 0 Å². The number of carboxylic acid groups (broad SMARTS) is 1.